The van der Waals surface area contributed by atoms with Crippen molar-refractivity contribution in [3.63, 3.8) is 0 Å². The molecule has 0 aliphatic carbocycles. The average molecular weight is 418 g/mol. The molecule has 3 aromatic rings. The van der Waals surface area contributed by atoms with E-state index in [1.54, 1.807) is 29.2 Å². The van der Waals surface area contributed by atoms with Gasteiger partial charge in [0.2, 0.25) is 0 Å². The molecule has 1 atom stereocenters. The lowest BCUT2D eigenvalue weighted by molar-refractivity contribution is -0.114. The first-order chi connectivity index (χ1) is 14.7. The molecule has 0 unspecified atom stereocenters. The van der Waals surface area contributed by atoms with E-state index in [0.29, 0.717) is 17.1 Å². The molecule has 1 amide bonds. The van der Waals surface area contributed by atoms with E-state index in [4.69, 9.17) is 0 Å². The minimum Gasteiger partial charge on any atom is -0.351 e. The lowest BCUT2D eigenvalue weighted by Crippen LogP contribution is -2.30. The average Bonchev–Trinajstić information content (AvgIpc) is 3.06. The van der Waals surface area contributed by atoms with Gasteiger partial charge in [0.1, 0.15) is 17.3 Å². The van der Waals surface area contributed by atoms with Crippen molar-refractivity contribution in [1.82, 2.24) is 0 Å². The van der Waals surface area contributed by atoms with Gasteiger partial charge in [0, 0.05) is 11.4 Å². The quantitative estimate of drug-likeness (QED) is 0.536. The van der Waals surface area contributed by atoms with Crippen LogP contribution in [0, 0.1) is 11.6 Å². The van der Waals surface area contributed by atoms with Crippen LogP contribution in [0.1, 0.15) is 37.9 Å². The number of hydrogen-bond acceptors (Lipinski definition) is 2. The highest BCUT2D eigenvalue weighted by molar-refractivity contribution is 6.11. The van der Waals surface area contributed by atoms with Gasteiger partial charge in [-0.05, 0) is 71.1 Å². The molecule has 31 heavy (non-hydrogen) atoms. The van der Waals surface area contributed by atoms with E-state index in [1.807, 2.05) is 18.2 Å². The van der Waals surface area contributed by atoms with Crippen LogP contribution in [0.5, 0.6) is 0 Å². The van der Waals surface area contributed by atoms with Gasteiger partial charge in [0.05, 0.1) is 6.04 Å². The molecule has 0 radical (unpaired) electrons. The number of rotatable bonds is 4. The van der Waals surface area contributed by atoms with Crippen molar-refractivity contribution in [2.45, 2.75) is 32.2 Å². The number of hydrogen-bond donors (Lipinski definition) is 1. The molecule has 0 aromatic heterocycles. The summed E-state index contributed by atoms with van der Waals surface area (Å²) in [6.45, 7) is 6.45. The number of nitrogens with one attached hydrogen (secondary N) is 1. The second-order valence-electron chi connectivity index (χ2n) is 8.68. The van der Waals surface area contributed by atoms with Crippen molar-refractivity contribution < 1.29 is 13.6 Å². The zero-order valence-corrected chi connectivity index (χ0v) is 17.7. The van der Waals surface area contributed by atoms with Crippen molar-refractivity contribution >= 4 is 17.3 Å². The first kappa shape index (κ1) is 20.8. The maximum atomic E-state index is 13.5. The molecule has 158 valence electrons. The zero-order valence-electron chi connectivity index (χ0n) is 17.7. The summed E-state index contributed by atoms with van der Waals surface area (Å²) < 4.78 is 26.7. The molecule has 1 heterocycles. The second kappa shape index (κ2) is 7.99. The van der Waals surface area contributed by atoms with Gasteiger partial charge in [0.15, 0.2) is 0 Å². The third-order valence-electron chi connectivity index (χ3n) is 5.40. The Bertz CT molecular complexity index is 1110. The molecule has 0 fully saturated rings. The number of halogens is 2. The minimum atomic E-state index is -0.362. The predicted octanol–water partition coefficient (Wildman–Crippen LogP) is 6.35. The highest BCUT2D eigenvalue weighted by Gasteiger charge is 2.35. The second-order valence-corrected chi connectivity index (χ2v) is 8.68. The van der Waals surface area contributed by atoms with Crippen LogP contribution in [0.2, 0.25) is 0 Å². The first-order valence-corrected chi connectivity index (χ1v) is 10.2. The van der Waals surface area contributed by atoms with E-state index in [-0.39, 0.29) is 29.0 Å². The summed E-state index contributed by atoms with van der Waals surface area (Å²) in [5, 5.41) is 3.09. The van der Waals surface area contributed by atoms with Gasteiger partial charge >= 0.3 is 0 Å². The van der Waals surface area contributed by atoms with Gasteiger partial charge in [-0.2, -0.15) is 0 Å². The summed E-state index contributed by atoms with van der Waals surface area (Å²) in [5.74, 6) is -0.943. The van der Waals surface area contributed by atoms with E-state index in [1.165, 1.54) is 29.8 Å². The number of benzene rings is 3. The third kappa shape index (κ3) is 4.36. The molecule has 0 saturated heterocycles. The van der Waals surface area contributed by atoms with Gasteiger partial charge in [-0.1, -0.05) is 45.0 Å². The van der Waals surface area contributed by atoms with Gasteiger partial charge in [0.25, 0.3) is 5.91 Å². The fourth-order valence-electron chi connectivity index (χ4n) is 3.65. The standard InChI is InChI=1S/C26H24F2N2O/c1-26(2,3)18-6-4-17(5-7-18)24-16-23(29-21-12-8-19(27)9-13-21)25(31)30(24)22-14-10-20(28)11-15-22/h4-16,24,29H,1-3H3/t24-/m1/s1. The lowest BCUT2D eigenvalue weighted by Gasteiger charge is -2.26. The van der Waals surface area contributed by atoms with Crippen molar-refractivity contribution in [2.24, 2.45) is 0 Å². The highest BCUT2D eigenvalue weighted by Crippen LogP contribution is 2.37. The van der Waals surface area contributed by atoms with Crippen LogP contribution >= 0.6 is 0 Å². The van der Waals surface area contributed by atoms with E-state index in [2.05, 4.69) is 38.2 Å². The molecule has 1 aliphatic rings. The number of anilines is 2. The fourth-order valence-corrected chi connectivity index (χ4v) is 3.65. The summed E-state index contributed by atoms with van der Waals surface area (Å²) in [5.41, 5.74) is 3.77. The monoisotopic (exact) mass is 418 g/mol. The summed E-state index contributed by atoms with van der Waals surface area (Å²) in [4.78, 5) is 14.9. The third-order valence-corrected chi connectivity index (χ3v) is 5.40. The summed E-state index contributed by atoms with van der Waals surface area (Å²) >= 11 is 0. The maximum Gasteiger partial charge on any atom is 0.275 e. The van der Waals surface area contributed by atoms with Crippen molar-refractivity contribution in [3.8, 4) is 0 Å². The molecule has 1 aliphatic heterocycles. The molecule has 0 bridgehead atoms. The molecule has 5 heteroatoms. The molecular formula is C26H24F2N2O. The topological polar surface area (TPSA) is 32.3 Å². The Kier molecular flexibility index (Phi) is 5.36. The van der Waals surface area contributed by atoms with Crippen LogP contribution in [0.25, 0.3) is 0 Å². The Morgan fingerprint density at radius 1 is 0.806 bits per heavy atom. The molecule has 3 nitrogen and oxygen atoms in total. The molecule has 4 rings (SSSR count). The molecule has 1 N–H and O–H groups in total. The number of amides is 1. The lowest BCUT2D eigenvalue weighted by atomic mass is 9.86. The first-order valence-electron chi connectivity index (χ1n) is 10.2. The fraction of sp³-hybridized carbons (Fsp3) is 0.192. The van der Waals surface area contributed by atoms with E-state index >= 15 is 0 Å². The molecule has 0 saturated carbocycles. The van der Waals surface area contributed by atoms with Gasteiger partial charge in [-0.3, -0.25) is 9.69 Å². The van der Waals surface area contributed by atoms with Crippen molar-refractivity contribution in [1.29, 1.82) is 0 Å². The summed E-state index contributed by atoms with van der Waals surface area (Å²) in [6.07, 6.45) is 1.85. The SMILES string of the molecule is CC(C)(C)c1ccc([C@H]2C=C(Nc3ccc(F)cc3)C(=O)N2c2ccc(F)cc2)cc1. The van der Waals surface area contributed by atoms with Crippen LogP contribution in [-0.2, 0) is 10.2 Å². The number of nitrogens with zero attached hydrogens (tertiary/aromatic N) is 1. The van der Waals surface area contributed by atoms with Gasteiger partial charge in [-0.15, -0.1) is 0 Å². The summed E-state index contributed by atoms with van der Waals surface area (Å²) in [7, 11) is 0. The Labute approximate surface area is 181 Å². The Hall–Kier alpha value is -3.47. The molecule has 3 aromatic carbocycles. The number of carbonyl (C=O) groups is 1. The largest absolute Gasteiger partial charge is 0.351 e. The van der Waals surface area contributed by atoms with Crippen LogP contribution < -0.4 is 10.2 Å². The molecule has 0 spiro atoms. The highest BCUT2D eigenvalue weighted by atomic mass is 19.1. The smallest absolute Gasteiger partial charge is 0.275 e. The predicted molar refractivity (Wildman–Crippen MR) is 120 cm³/mol. The maximum absolute atomic E-state index is 13.5. The van der Waals surface area contributed by atoms with Crippen molar-refractivity contribution in [3.05, 3.63) is 107 Å². The van der Waals surface area contributed by atoms with Crippen molar-refractivity contribution in [2.75, 3.05) is 10.2 Å². The van der Waals surface area contributed by atoms with E-state index in [9.17, 15) is 13.6 Å². The van der Waals surface area contributed by atoms with E-state index < -0.39 is 0 Å². The Morgan fingerprint density at radius 3 is 1.90 bits per heavy atom. The molecular weight excluding hydrogens is 394 g/mol. The minimum absolute atomic E-state index is 0.0197. The summed E-state index contributed by atoms with van der Waals surface area (Å²) in [6, 6.07) is 19.5. The Morgan fingerprint density at radius 2 is 1.35 bits per heavy atom. The van der Waals surface area contributed by atoms with Crippen LogP contribution in [-0.4, -0.2) is 5.91 Å². The van der Waals surface area contributed by atoms with Gasteiger partial charge < -0.3 is 5.32 Å². The van der Waals surface area contributed by atoms with Crippen LogP contribution in [0.4, 0.5) is 20.2 Å². The van der Waals surface area contributed by atoms with Gasteiger partial charge in [-0.25, -0.2) is 8.78 Å². The normalized spacial score (nSPS) is 16.4. The van der Waals surface area contributed by atoms with E-state index in [0.717, 1.165) is 5.56 Å². The van der Waals surface area contributed by atoms with Crippen LogP contribution in [0.3, 0.4) is 0 Å². The zero-order chi connectivity index (χ0) is 22.2. The Balaban J connectivity index is 1.71. The number of carbonyl (C=O) groups excluding carboxylic acids is 1. The van der Waals surface area contributed by atoms with Crippen LogP contribution in [0.15, 0.2) is 84.6 Å².